The van der Waals surface area contributed by atoms with Gasteiger partial charge in [-0.25, -0.2) is 4.98 Å². The standard InChI is InChI=1S/C23H32N2O4/c1-5-7-22(26)28-15-19(12-20-13-24-16-25(20)4)21(6-2)23(27)29-14-18-10-8-17(3)9-11-18/h8-11,13,16,19,21H,5-7,12,14-15H2,1-4H3/t19-,21-/m0/s1. The summed E-state index contributed by atoms with van der Waals surface area (Å²) in [7, 11) is 1.92. The third-order valence-corrected chi connectivity index (χ3v) is 5.11. The number of carbonyl (C=O) groups excluding carboxylic acids is 2. The number of benzene rings is 1. The van der Waals surface area contributed by atoms with Gasteiger partial charge in [-0.15, -0.1) is 0 Å². The Hall–Kier alpha value is -2.63. The van der Waals surface area contributed by atoms with E-state index in [1.54, 1.807) is 12.5 Å². The van der Waals surface area contributed by atoms with Crippen LogP contribution in [0.3, 0.4) is 0 Å². The van der Waals surface area contributed by atoms with Crippen LogP contribution in [-0.4, -0.2) is 28.1 Å². The summed E-state index contributed by atoms with van der Waals surface area (Å²) in [6.45, 7) is 6.35. The molecule has 1 aromatic carbocycles. The molecule has 0 radical (unpaired) electrons. The van der Waals surface area contributed by atoms with Gasteiger partial charge >= 0.3 is 11.9 Å². The van der Waals surface area contributed by atoms with Crippen molar-refractivity contribution in [3.8, 4) is 0 Å². The smallest absolute Gasteiger partial charge is 0.309 e. The van der Waals surface area contributed by atoms with E-state index in [9.17, 15) is 9.59 Å². The quantitative estimate of drug-likeness (QED) is 0.533. The van der Waals surface area contributed by atoms with Crippen LogP contribution in [0.25, 0.3) is 0 Å². The molecule has 0 aliphatic heterocycles. The number of aromatic nitrogens is 2. The lowest BCUT2D eigenvalue weighted by Gasteiger charge is -2.25. The van der Waals surface area contributed by atoms with E-state index in [-0.39, 0.29) is 37.0 Å². The summed E-state index contributed by atoms with van der Waals surface area (Å²) in [6.07, 6.45) is 5.83. The Morgan fingerprint density at radius 1 is 1.14 bits per heavy atom. The van der Waals surface area contributed by atoms with Gasteiger partial charge in [-0.1, -0.05) is 43.7 Å². The maximum atomic E-state index is 12.9. The van der Waals surface area contributed by atoms with Gasteiger partial charge in [-0.3, -0.25) is 9.59 Å². The molecule has 29 heavy (non-hydrogen) atoms. The minimum atomic E-state index is -0.357. The summed E-state index contributed by atoms with van der Waals surface area (Å²) in [4.78, 5) is 28.9. The molecule has 0 amide bonds. The second-order valence-electron chi connectivity index (χ2n) is 7.50. The van der Waals surface area contributed by atoms with Crippen LogP contribution in [0, 0.1) is 18.8 Å². The molecular formula is C23H32N2O4. The lowest BCUT2D eigenvalue weighted by molar-refractivity contribution is -0.156. The molecule has 2 rings (SSSR count). The highest BCUT2D eigenvalue weighted by molar-refractivity contribution is 5.73. The highest BCUT2D eigenvalue weighted by atomic mass is 16.5. The van der Waals surface area contributed by atoms with Gasteiger partial charge < -0.3 is 14.0 Å². The Labute approximate surface area is 173 Å². The molecule has 0 aliphatic carbocycles. The summed E-state index contributed by atoms with van der Waals surface area (Å²) in [6, 6.07) is 7.92. The Morgan fingerprint density at radius 3 is 2.45 bits per heavy atom. The van der Waals surface area contributed by atoms with Gasteiger partial charge in [0.05, 0.1) is 18.9 Å². The van der Waals surface area contributed by atoms with Gasteiger partial charge in [0.1, 0.15) is 6.61 Å². The first-order chi connectivity index (χ1) is 13.9. The fourth-order valence-electron chi connectivity index (χ4n) is 3.28. The lowest BCUT2D eigenvalue weighted by Crippen LogP contribution is -2.31. The summed E-state index contributed by atoms with van der Waals surface area (Å²) < 4.78 is 13.0. The van der Waals surface area contributed by atoms with Gasteiger partial charge in [-0.2, -0.15) is 0 Å². The molecule has 6 nitrogen and oxygen atoms in total. The maximum Gasteiger partial charge on any atom is 0.309 e. The predicted molar refractivity (Wildman–Crippen MR) is 111 cm³/mol. The van der Waals surface area contributed by atoms with E-state index in [0.717, 1.165) is 23.2 Å². The zero-order valence-electron chi connectivity index (χ0n) is 17.9. The number of rotatable bonds is 11. The molecule has 1 aromatic heterocycles. The molecule has 0 spiro atoms. The predicted octanol–water partition coefficient (Wildman–Crippen LogP) is 4.00. The average Bonchev–Trinajstić information content (AvgIpc) is 3.10. The van der Waals surface area contributed by atoms with Gasteiger partial charge in [0.15, 0.2) is 0 Å². The average molecular weight is 401 g/mol. The Kier molecular flexibility index (Phi) is 8.90. The molecule has 1 heterocycles. The Morgan fingerprint density at radius 2 is 1.86 bits per heavy atom. The number of imidazole rings is 1. The molecule has 158 valence electrons. The van der Waals surface area contributed by atoms with Crippen LogP contribution in [0.2, 0.25) is 0 Å². The molecule has 0 N–H and O–H groups in total. The van der Waals surface area contributed by atoms with Crippen LogP contribution in [0.1, 0.15) is 49.9 Å². The van der Waals surface area contributed by atoms with Gasteiger partial charge in [0, 0.05) is 31.3 Å². The molecule has 0 saturated heterocycles. The van der Waals surface area contributed by atoms with E-state index in [1.807, 2.05) is 56.7 Å². The zero-order chi connectivity index (χ0) is 21.2. The third kappa shape index (κ3) is 7.04. The highest BCUT2D eigenvalue weighted by Gasteiger charge is 2.30. The van der Waals surface area contributed by atoms with E-state index < -0.39 is 0 Å². The third-order valence-electron chi connectivity index (χ3n) is 5.11. The number of nitrogens with zero attached hydrogens (tertiary/aromatic N) is 2. The molecular weight excluding hydrogens is 368 g/mol. The Bertz CT molecular complexity index is 782. The summed E-state index contributed by atoms with van der Waals surface area (Å²) >= 11 is 0. The van der Waals surface area contributed by atoms with E-state index in [0.29, 0.717) is 19.3 Å². The largest absolute Gasteiger partial charge is 0.465 e. The maximum absolute atomic E-state index is 12.9. The lowest BCUT2D eigenvalue weighted by atomic mass is 9.87. The second-order valence-corrected chi connectivity index (χ2v) is 7.50. The fraction of sp³-hybridized carbons (Fsp3) is 0.522. The molecule has 0 fully saturated rings. The molecule has 2 aromatic rings. The van der Waals surface area contributed by atoms with Crippen LogP contribution in [0.15, 0.2) is 36.8 Å². The van der Waals surface area contributed by atoms with Crippen molar-refractivity contribution < 1.29 is 19.1 Å². The molecule has 0 bridgehead atoms. The molecule has 6 heteroatoms. The van der Waals surface area contributed by atoms with Crippen molar-refractivity contribution >= 4 is 11.9 Å². The first kappa shape index (κ1) is 22.7. The number of hydrogen-bond acceptors (Lipinski definition) is 5. The van der Waals surface area contributed by atoms with E-state index in [1.165, 1.54) is 0 Å². The zero-order valence-corrected chi connectivity index (χ0v) is 17.9. The topological polar surface area (TPSA) is 70.4 Å². The number of esters is 2. The summed E-state index contributed by atoms with van der Waals surface area (Å²) in [5.74, 6) is -1.01. The van der Waals surface area contributed by atoms with Gasteiger partial charge in [0.2, 0.25) is 0 Å². The van der Waals surface area contributed by atoms with Crippen LogP contribution >= 0.6 is 0 Å². The normalized spacial score (nSPS) is 13.0. The SMILES string of the molecule is CCCC(=O)OC[C@H](Cc1cncn1C)[C@H](CC)C(=O)OCc1ccc(C)cc1. The Balaban J connectivity index is 2.06. The molecule has 0 aliphatic rings. The van der Waals surface area contributed by atoms with Crippen LogP contribution in [0.4, 0.5) is 0 Å². The molecule has 0 saturated carbocycles. The van der Waals surface area contributed by atoms with Crippen LogP contribution in [0.5, 0.6) is 0 Å². The van der Waals surface area contributed by atoms with Crippen molar-refractivity contribution in [3.63, 3.8) is 0 Å². The van der Waals surface area contributed by atoms with Gasteiger partial charge in [-0.05, 0) is 31.7 Å². The first-order valence-electron chi connectivity index (χ1n) is 10.3. The second kappa shape index (κ2) is 11.4. The fourth-order valence-corrected chi connectivity index (χ4v) is 3.28. The molecule has 0 unspecified atom stereocenters. The minimum Gasteiger partial charge on any atom is -0.465 e. The van der Waals surface area contributed by atoms with Crippen LogP contribution in [-0.2, 0) is 39.1 Å². The number of hydrogen-bond donors (Lipinski definition) is 0. The summed E-state index contributed by atoms with van der Waals surface area (Å²) in [5, 5.41) is 0. The number of carbonyl (C=O) groups is 2. The van der Waals surface area contributed by atoms with Crippen molar-refractivity contribution in [1.82, 2.24) is 9.55 Å². The van der Waals surface area contributed by atoms with Crippen LogP contribution < -0.4 is 0 Å². The highest BCUT2D eigenvalue weighted by Crippen LogP contribution is 2.24. The first-order valence-corrected chi connectivity index (χ1v) is 10.3. The van der Waals surface area contributed by atoms with E-state index in [2.05, 4.69) is 4.98 Å². The molecule has 2 atom stereocenters. The number of aryl methyl sites for hydroxylation is 2. The van der Waals surface area contributed by atoms with Crippen molar-refractivity contribution in [2.24, 2.45) is 18.9 Å². The monoisotopic (exact) mass is 400 g/mol. The number of ether oxygens (including phenoxy) is 2. The van der Waals surface area contributed by atoms with Crippen molar-refractivity contribution in [3.05, 3.63) is 53.6 Å². The van der Waals surface area contributed by atoms with Crippen molar-refractivity contribution in [2.45, 2.75) is 53.1 Å². The summed E-state index contributed by atoms with van der Waals surface area (Å²) in [5.41, 5.74) is 3.11. The minimum absolute atomic E-state index is 0.165. The van der Waals surface area contributed by atoms with E-state index in [4.69, 9.17) is 9.47 Å². The van der Waals surface area contributed by atoms with E-state index >= 15 is 0 Å². The van der Waals surface area contributed by atoms with Crippen molar-refractivity contribution in [2.75, 3.05) is 6.61 Å². The van der Waals surface area contributed by atoms with Crippen molar-refractivity contribution in [1.29, 1.82) is 0 Å². The van der Waals surface area contributed by atoms with Gasteiger partial charge in [0.25, 0.3) is 0 Å².